The van der Waals surface area contributed by atoms with Crippen molar-refractivity contribution in [2.75, 3.05) is 13.3 Å². The number of amides is 4. The van der Waals surface area contributed by atoms with Crippen molar-refractivity contribution >= 4 is 29.2 Å². The SMILES string of the molecule is O=C(CC[C@H]1NC(=O)N(Cc2ccc3c(c2)OCO3)C1=O)NCCc1nccs1. The molecular weight excluding hydrogens is 396 g/mol. The predicted molar refractivity (Wildman–Crippen MR) is 103 cm³/mol. The quantitative estimate of drug-likeness (QED) is 0.630. The number of urea groups is 1. The van der Waals surface area contributed by atoms with Gasteiger partial charge >= 0.3 is 6.03 Å². The Morgan fingerprint density at radius 1 is 1.31 bits per heavy atom. The van der Waals surface area contributed by atoms with Crippen LogP contribution in [0.3, 0.4) is 0 Å². The van der Waals surface area contributed by atoms with Crippen LogP contribution in [0.5, 0.6) is 11.5 Å². The Labute approximate surface area is 171 Å². The Morgan fingerprint density at radius 2 is 2.17 bits per heavy atom. The number of nitrogens with zero attached hydrogens (tertiary/aromatic N) is 2. The second-order valence-electron chi connectivity index (χ2n) is 6.68. The Hall–Kier alpha value is -3.14. The Bertz CT molecular complexity index is 917. The number of ether oxygens (including phenoxy) is 2. The molecule has 2 aromatic rings. The number of carbonyl (C=O) groups is 3. The van der Waals surface area contributed by atoms with Gasteiger partial charge in [0.1, 0.15) is 6.04 Å². The molecule has 0 radical (unpaired) electrons. The van der Waals surface area contributed by atoms with Crippen molar-refractivity contribution < 1.29 is 23.9 Å². The van der Waals surface area contributed by atoms with E-state index in [1.165, 1.54) is 0 Å². The molecular formula is C19H20N4O5S. The van der Waals surface area contributed by atoms with Gasteiger partial charge in [0.2, 0.25) is 12.7 Å². The molecule has 3 heterocycles. The zero-order chi connectivity index (χ0) is 20.2. The molecule has 1 aromatic heterocycles. The van der Waals surface area contributed by atoms with Gasteiger partial charge in [-0.05, 0) is 24.1 Å². The van der Waals surface area contributed by atoms with Crippen LogP contribution in [-0.4, -0.2) is 47.1 Å². The predicted octanol–water partition coefficient (Wildman–Crippen LogP) is 1.43. The Kier molecular flexibility index (Phi) is 5.61. The summed E-state index contributed by atoms with van der Waals surface area (Å²) in [7, 11) is 0. The van der Waals surface area contributed by atoms with Crippen LogP contribution in [0.15, 0.2) is 29.8 Å². The maximum atomic E-state index is 12.6. The van der Waals surface area contributed by atoms with Crippen molar-refractivity contribution in [1.29, 1.82) is 0 Å². The first-order valence-corrected chi connectivity index (χ1v) is 10.1. The topological polar surface area (TPSA) is 110 Å². The zero-order valence-corrected chi connectivity index (χ0v) is 16.4. The van der Waals surface area contributed by atoms with Gasteiger partial charge in [0, 0.05) is 31.0 Å². The lowest BCUT2D eigenvalue weighted by Crippen LogP contribution is -2.33. The van der Waals surface area contributed by atoms with Gasteiger partial charge in [-0.1, -0.05) is 6.07 Å². The molecule has 1 atom stereocenters. The summed E-state index contributed by atoms with van der Waals surface area (Å²) in [6.07, 6.45) is 2.81. The number of aromatic nitrogens is 1. The average Bonchev–Trinajstić information content (AvgIpc) is 3.44. The number of imide groups is 1. The number of benzene rings is 1. The molecule has 0 bridgehead atoms. The minimum Gasteiger partial charge on any atom is -0.454 e. The molecule has 152 valence electrons. The maximum absolute atomic E-state index is 12.6. The van der Waals surface area contributed by atoms with E-state index in [1.807, 2.05) is 5.38 Å². The Balaban J connectivity index is 1.25. The normalized spacial score (nSPS) is 17.5. The molecule has 2 N–H and O–H groups in total. The molecule has 0 unspecified atom stereocenters. The van der Waals surface area contributed by atoms with Gasteiger partial charge < -0.3 is 20.1 Å². The molecule has 1 aromatic carbocycles. The van der Waals surface area contributed by atoms with Crippen LogP contribution in [0.25, 0.3) is 0 Å². The van der Waals surface area contributed by atoms with E-state index in [1.54, 1.807) is 35.7 Å². The number of hydrogen-bond acceptors (Lipinski definition) is 7. The van der Waals surface area contributed by atoms with E-state index in [2.05, 4.69) is 15.6 Å². The van der Waals surface area contributed by atoms with Crippen molar-refractivity contribution in [2.24, 2.45) is 0 Å². The number of nitrogens with one attached hydrogen (secondary N) is 2. The van der Waals surface area contributed by atoms with E-state index in [9.17, 15) is 14.4 Å². The monoisotopic (exact) mass is 416 g/mol. The van der Waals surface area contributed by atoms with E-state index in [4.69, 9.17) is 9.47 Å². The highest BCUT2D eigenvalue weighted by molar-refractivity contribution is 7.09. The van der Waals surface area contributed by atoms with Crippen molar-refractivity contribution in [3.63, 3.8) is 0 Å². The van der Waals surface area contributed by atoms with Crippen LogP contribution in [0.4, 0.5) is 4.79 Å². The third-order valence-corrected chi connectivity index (χ3v) is 5.53. The second kappa shape index (κ2) is 8.48. The van der Waals surface area contributed by atoms with Gasteiger partial charge in [-0.2, -0.15) is 0 Å². The molecule has 0 aliphatic carbocycles. The lowest BCUT2D eigenvalue weighted by molar-refractivity contribution is -0.128. The minimum atomic E-state index is -0.693. The van der Waals surface area contributed by atoms with E-state index >= 15 is 0 Å². The lowest BCUT2D eigenvalue weighted by atomic mass is 10.1. The summed E-state index contributed by atoms with van der Waals surface area (Å²) in [5.41, 5.74) is 0.762. The van der Waals surface area contributed by atoms with Crippen LogP contribution in [-0.2, 0) is 22.6 Å². The van der Waals surface area contributed by atoms with Crippen LogP contribution < -0.4 is 20.1 Å². The molecule has 0 saturated carbocycles. The van der Waals surface area contributed by atoms with Crippen molar-refractivity contribution in [3.8, 4) is 11.5 Å². The highest BCUT2D eigenvalue weighted by Gasteiger charge is 2.38. The largest absolute Gasteiger partial charge is 0.454 e. The van der Waals surface area contributed by atoms with Gasteiger partial charge in [0.25, 0.3) is 5.91 Å². The molecule has 1 saturated heterocycles. The summed E-state index contributed by atoms with van der Waals surface area (Å²) in [6, 6.07) is 4.15. The molecule has 29 heavy (non-hydrogen) atoms. The fourth-order valence-electron chi connectivity index (χ4n) is 3.19. The number of hydrogen-bond donors (Lipinski definition) is 2. The summed E-state index contributed by atoms with van der Waals surface area (Å²) in [5, 5.41) is 8.31. The zero-order valence-electron chi connectivity index (χ0n) is 15.6. The fourth-order valence-corrected chi connectivity index (χ4v) is 3.81. The lowest BCUT2D eigenvalue weighted by Gasteiger charge is -2.13. The van der Waals surface area contributed by atoms with E-state index in [0.29, 0.717) is 24.5 Å². The van der Waals surface area contributed by atoms with Gasteiger partial charge in [-0.3, -0.25) is 14.5 Å². The minimum absolute atomic E-state index is 0.137. The fraction of sp³-hybridized carbons (Fsp3) is 0.368. The van der Waals surface area contributed by atoms with E-state index < -0.39 is 12.1 Å². The highest BCUT2D eigenvalue weighted by atomic mass is 32.1. The van der Waals surface area contributed by atoms with Gasteiger partial charge in [-0.15, -0.1) is 11.3 Å². The molecule has 2 aliphatic heterocycles. The van der Waals surface area contributed by atoms with Crippen molar-refractivity contribution in [2.45, 2.75) is 31.8 Å². The van der Waals surface area contributed by atoms with Crippen molar-refractivity contribution in [3.05, 3.63) is 40.3 Å². The molecule has 4 amide bonds. The molecule has 10 heteroatoms. The van der Waals surface area contributed by atoms with Crippen LogP contribution in [0, 0.1) is 0 Å². The molecule has 0 spiro atoms. The van der Waals surface area contributed by atoms with Gasteiger partial charge in [0.15, 0.2) is 11.5 Å². The first kappa shape index (κ1) is 19.2. The smallest absolute Gasteiger partial charge is 0.325 e. The highest BCUT2D eigenvalue weighted by Crippen LogP contribution is 2.33. The second-order valence-corrected chi connectivity index (χ2v) is 7.66. The standard InChI is InChI=1S/C19H20N4O5S/c24-16(20-6-5-17-21-7-8-29-17)4-2-13-18(25)23(19(26)22-13)10-12-1-3-14-15(9-12)28-11-27-14/h1,3,7-9,13H,2,4-6,10-11H2,(H,20,24)(H,22,26)/t13-/m1/s1. The summed E-state index contributed by atoms with van der Waals surface area (Å²) in [4.78, 5) is 42.1. The third kappa shape index (κ3) is 4.48. The summed E-state index contributed by atoms with van der Waals surface area (Å²) >= 11 is 1.54. The number of fused-ring (bicyclic) bond motifs is 1. The van der Waals surface area contributed by atoms with E-state index in [0.717, 1.165) is 15.5 Å². The Morgan fingerprint density at radius 3 is 3.00 bits per heavy atom. The van der Waals surface area contributed by atoms with Crippen LogP contribution in [0.1, 0.15) is 23.4 Å². The first-order chi connectivity index (χ1) is 14.1. The summed E-state index contributed by atoms with van der Waals surface area (Å²) in [6.45, 7) is 0.793. The molecule has 4 rings (SSSR count). The number of rotatable bonds is 8. The number of thiazole rings is 1. The maximum Gasteiger partial charge on any atom is 0.325 e. The van der Waals surface area contributed by atoms with E-state index in [-0.39, 0.29) is 38.0 Å². The first-order valence-electron chi connectivity index (χ1n) is 9.25. The molecule has 1 fully saturated rings. The van der Waals surface area contributed by atoms with Crippen molar-refractivity contribution in [1.82, 2.24) is 20.5 Å². The number of carbonyl (C=O) groups excluding carboxylic acids is 3. The summed E-state index contributed by atoms with van der Waals surface area (Å²) in [5.74, 6) is 0.756. The van der Waals surface area contributed by atoms with Crippen LogP contribution >= 0.6 is 11.3 Å². The van der Waals surface area contributed by atoms with Gasteiger partial charge in [0.05, 0.1) is 11.6 Å². The third-order valence-electron chi connectivity index (χ3n) is 4.69. The summed E-state index contributed by atoms with van der Waals surface area (Å²) < 4.78 is 10.6. The molecule has 2 aliphatic rings. The molecule has 9 nitrogen and oxygen atoms in total. The van der Waals surface area contributed by atoms with Gasteiger partial charge in [-0.25, -0.2) is 9.78 Å². The van der Waals surface area contributed by atoms with Crippen LogP contribution in [0.2, 0.25) is 0 Å². The average molecular weight is 416 g/mol.